The first kappa shape index (κ1) is 29.2. The third kappa shape index (κ3) is 7.32. The van der Waals surface area contributed by atoms with Gasteiger partial charge >= 0.3 is 5.69 Å². The molecule has 206 valence electrons. The minimum Gasteiger partial charge on any atom is -0.488 e. The molecular formula is C29H19Br2N3O4S3. The van der Waals surface area contributed by atoms with E-state index in [4.69, 9.17) is 17.0 Å². The summed E-state index contributed by atoms with van der Waals surface area (Å²) in [5, 5.41) is 3.14. The maximum Gasteiger partial charge on any atom is 0.326 e. The number of thiophene rings is 1. The number of benzene rings is 3. The summed E-state index contributed by atoms with van der Waals surface area (Å²) in [5.74, 6) is 0.523. The van der Waals surface area contributed by atoms with Crippen LogP contribution in [-0.2, 0) is 11.4 Å². The molecule has 1 aliphatic rings. The largest absolute Gasteiger partial charge is 0.488 e. The Morgan fingerprint density at radius 2 is 1.66 bits per heavy atom. The molecule has 1 amide bonds. The van der Waals surface area contributed by atoms with Gasteiger partial charge < -0.3 is 10.1 Å². The highest BCUT2D eigenvalue weighted by Gasteiger charge is 2.22. The second kappa shape index (κ2) is 13.1. The van der Waals surface area contributed by atoms with Gasteiger partial charge in [-0.15, -0.1) is 11.3 Å². The number of ether oxygens (including phenoxy) is 1. The van der Waals surface area contributed by atoms with Crippen LogP contribution in [0.4, 0.5) is 0 Å². The van der Waals surface area contributed by atoms with Crippen molar-refractivity contribution in [3.63, 3.8) is 0 Å². The van der Waals surface area contributed by atoms with Crippen molar-refractivity contribution in [1.82, 2.24) is 15.3 Å². The highest BCUT2D eigenvalue weighted by Crippen LogP contribution is 2.32. The smallest absolute Gasteiger partial charge is 0.326 e. The van der Waals surface area contributed by atoms with Crippen molar-refractivity contribution < 1.29 is 9.53 Å². The normalized spacial score (nSPS) is 13.7. The average molecular weight is 729 g/mol. The van der Waals surface area contributed by atoms with Crippen LogP contribution < -0.4 is 21.3 Å². The third-order valence-electron chi connectivity index (χ3n) is 5.73. The number of halogens is 2. The number of rotatable bonds is 5. The van der Waals surface area contributed by atoms with E-state index in [0.29, 0.717) is 31.8 Å². The van der Waals surface area contributed by atoms with Crippen molar-refractivity contribution in [3.05, 3.63) is 125 Å². The van der Waals surface area contributed by atoms with Gasteiger partial charge in [-0.1, -0.05) is 104 Å². The van der Waals surface area contributed by atoms with E-state index in [1.165, 1.54) is 23.1 Å². The Labute approximate surface area is 264 Å². The van der Waals surface area contributed by atoms with Crippen molar-refractivity contribution in [2.45, 2.75) is 6.61 Å². The number of aromatic nitrogens is 2. The van der Waals surface area contributed by atoms with Crippen LogP contribution in [-0.4, -0.2) is 20.2 Å². The summed E-state index contributed by atoms with van der Waals surface area (Å²) in [7, 11) is 0. The lowest BCUT2D eigenvalue weighted by atomic mass is 10.2. The Kier molecular flexibility index (Phi) is 9.35. The van der Waals surface area contributed by atoms with Crippen molar-refractivity contribution in [2.24, 2.45) is 0 Å². The molecule has 2 aromatic heterocycles. The van der Waals surface area contributed by atoms with Gasteiger partial charge in [-0.25, -0.2) is 4.79 Å². The van der Waals surface area contributed by atoms with E-state index in [2.05, 4.69) is 47.1 Å². The van der Waals surface area contributed by atoms with Crippen LogP contribution in [0.2, 0.25) is 0 Å². The lowest BCUT2D eigenvalue weighted by Gasteiger charge is -2.11. The number of fused-ring (bicyclic) bond motifs is 1. The van der Waals surface area contributed by atoms with Gasteiger partial charge in [0.15, 0.2) is 0 Å². The molecular weight excluding hydrogens is 710 g/mol. The molecule has 1 aliphatic heterocycles. The molecule has 3 aromatic carbocycles. The number of H-pyrrole nitrogens is 2. The first-order valence-electron chi connectivity index (χ1n) is 12.0. The molecule has 12 heteroatoms. The van der Waals surface area contributed by atoms with E-state index in [0.717, 1.165) is 30.5 Å². The second-order valence-corrected chi connectivity index (χ2v) is 13.1. The molecule has 0 aliphatic carbocycles. The summed E-state index contributed by atoms with van der Waals surface area (Å²) < 4.78 is 8.34. The number of amides is 1. The number of hydrogen-bond acceptors (Lipinski definition) is 7. The number of carbonyl (C=O) groups is 1. The average Bonchev–Trinajstić information content (AvgIpc) is 3.52. The Hall–Kier alpha value is -3.29. The highest BCUT2D eigenvalue weighted by molar-refractivity contribution is 9.10. The second-order valence-electron chi connectivity index (χ2n) is 8.54. The van der Waals surface area contributed by atoms with Crippen molar-refractivity contribution >= 4 is 93.7 Å². The van der Waals surface area contributed by atoms with E-state index in [-0.39, 0.29) is 11.5 Å². The van der Waals surface area contributed by atoms with Crippen LogP contribution in [0.5, 0.6) is 5.75 Å². The van der Waals surface area contributed by atoms with E-state index in [1.807, 2.05) is 72.8 Å². The molecule has 0 spiro atoms. The third-order valence-corrected chi connectivity index (χ3v) is 9.26. The standard InChI is InChI=1S/C17H11Br2NO2S2.C12H8N2O2S/c18-12-5-6-14(22-9-10-3-1-2-4-13(10)19)11(7-12)8-15-16(21)20-17(23)24-15;15-10-8-6-9(7-4-2-1-3-5-7)17-11(8)14-12(16)13-10/h1-8H,9H2,(H,20,21,23);1-6H,(H2,13,14,15,16)/b15-8+;. The molecule has 0 saturated carbocycles. The molecule has 1 fully saturated rings. The Morgan fingerprint density at radius 3 is 2.39 bits per heavy atom. The molecule has 3 N–H and O–H groups in total. The number of aromatic amines is 2. The van der Waals surface area contributed by atoms with Gasteiger partial charge in [0.1, 0.15) is 21.5 Å². The molecule has 3 heterocycles. The quantitative estimate of drug-likeness (QED) is 0.130. The molecule has 0 bridgehead atoms. The first-order chi connectivity index (χ1) is 19.8. The summed E-state index contributed by atoms with van der Waals surface area (Å²) in [5.41, 5.74) is 2.09. The monoisotopic (exact) mass is 727 g/mol. The summed E-state index contributed by atoms with van der Waals surface area (Å²) in [4.78, 5) is 41.6. The molecule has 41 heavy (non-hydrogen) atoms. The highest BCUT2D eigenvalue weighted by atomic mass is 79.9. The van der Waals surface area contributed by atoms with Crippen molar-refractivity contribution in [2.75, 3.05) is 0 Å². The number of thiocarbonyl (C=S) groups is 1. The maximum absolute atomic E-state index is 11.9. The minimum atomic E-state index is -0.469. The van der Waals surface area contributed by atoms with Gasteiger partial charge in [0.05, 0.1) is 10.3 Å². The predicted octanol–water partition coefficient (Wildman–Crippen LogP) is 7.22. The van der Waals surface area contributed by atoms with Gasteiger partial charge in [-0.05, 0) is 42.0 Å². The Morgan fingerprint density at radius 1 is 0.902 bits per heavy atom. The SMILES string of the molecule is O=C1NC(=S)S/C1=C/c1cc(Br)ccc1OCc1ccccc1Br.O=c1[nH]c(=O)c2cc(-c3ccccc3)sc2[nH]1. The van der Waals surface area contributed by atoms with E-state index >= 15 is 0 Å². The van der Waals surface area contributed by atoms with Crippen LogP contribution in [0.1, 0.15) is 11.1 Å². The topological polar surface area (TPSA) is 104 Å². The fraction of sp³-hybridized carbons (Fsp3) is 0.0345. The molecule has 0 unspecified atom stereocenters. The van der Waals surface area contributed by atoms with Crippen LogP contribution in [0.25, 0.3) is 26.7 Å². The maximum atomic E-state index is 11.9. The molecule has 7 nitrogen and oxygen atoms in total. The molecule has 6 rings (SSSR count). The molecule has 0 atom stereocenters. The Bertz CT molecular complexity index is 1920. The van der Waals surface area contributed by atoms with Crippen LogP contribution >= 0.6 is 67.2 Å². The number of nitrogens with one attached hydrogen (secondary N) is 3. The van der Waals surface area contributed by atoms with Crippen molar-refractivity contribution in [1.29, 1.82) is 0 Å². The zero-order valence-electron chi connectivity index (χ0n) is 20.9. The fourth-order valence-electron chi connectivity index (χ4n) is 3.80. The van der Waals surface area contributed by atoms with Crippen LogP contribution in [0, 0.1) is 0 Å². The minimum absolute atomic E-state index is 0.179. The molecule has 0 radical (unpaired) electrons. The zero-order chi connectivity index (χ0) is 28.9. The van der Waals surface area contributed by atoms with Gasteiger partial charge in [0.25, 0.3) is 11.5 Å². The van der Waals surface area contributed by atoms with Gasteiger partial charge in [-0.2, -0.15) is 0 Å². The van der Waals surface area contributed by atoms with E-state index in [1.54, 1.807) is 12.1 Å². The zero-order valence-corrected chi connectivity index (χ0v) is 26.5. The van der Waals surface area contributed by atoms with E-state index < -0.39 is 5.69 Å². The number of carbonyl (C=O) groups excluding carboxylic acids is 1. The Balaban J connectivity index is 0.000000174. The number of thioether (sulfide) groups is 1. The lowest BCUT2D eigenvalue weighted by molar-refractivity contribution is -0.115. The summed E-state index contributed by atoms with van der Waals surface area (Å²) in [6, 6.07) is 25.1. The summed E-state index contributed by atoms with van der Waals surface area (Å²) in [6.45, 7) is 0.428. The van der Waals surface area contributed by atoms with E-state index in [9.17, 15) is 14.4 Å². The molecule has 1 saturated heterocycles. The fourth-order valence-corrected chi connectivity index (χ4v) is 6.67. The number of hydrogen-bond donors (Lipinski definition) is 3. The van der Waals surface area contributed by atoms with Gasteiger partial charge in [0.2, 0.25) is 0 Å². The lowest BCUT2D eigenvalue weighted by Crippen LogP contribution is -2.20. The summed E-state index contributed by atoms with van der Waals surface area (Å²) in [6.07, 6.45) is 1.79. The van der Waals surface area contributed by atoms with Gasteiger partial charge in [-0.3, -0.25) is 19.6 Å². The van der Waals surface area contributed by atoms with Crippen molar-refractivity contribution in [3.8, 4) is 16.2 Å². The summed E-state index contributed by atoms with van der Waals surface area (Å²) >= 11 is 14.6. The van der Waals surface area contributed by atoms with Crippen LogP contribution in [0.15, 0.2) is 102 Å². The first-order valence-corrected chi connectivity index (χ1v) is 15.6. The van der Waals surface area contributed by atoms with Crippen LogP contribution in [0.3, 0.4) is 0 Å². The predicted molar refractivity (Wildman–Crippen MR) is 177 cm³/mol. The molecule has 5 aromatic rings. The van der Waals surface area contributed by atoms with Gasteiger partial charge in [0, 0.05) is 24.9 Å².